The van der Waals surface area contributed by atoms with Gasteiger partial charge in [-0.05, 0) is 20.8 Å². The number of amides is 1. The predicted octanol–water partition coefficient (Wildman–Crippen LogP) is 0.852. The molecule has 0 saturated carbocycles. The number of hydrogen-bond acceptors (Lipinski definition) is 5. The normalized spacial score (nSPS) is 11.5. The van der Waals surface area contributed by atoms with Gasteiger partial charge in [-0.25, -0.2) is 0 Å². The highest BCUT2D eigenvalue weighted by atomic mass is 16.5. The molecule has 0 spiro atoms. The fraction of sp³-hybridized carbons (Fsp3) is 0.727. The van der Waals surface area contributed by atoms with Crippen molar-refractivity contribution in [2.24, 2.45) is 0 Å². The van der Waals surface area contributed by atoms with E-state index in [0.29, 0.717) is 24.7 Å². The summed E-state index contributed by atoms with van der Waals surface area (Å²) >= 11 is 0. The van der Waals surface area contributed by atoms with Crippen molar-refractivity contribution in [3.63, 3.8) is 0 Å². The van der Waals surface area contributed by atoms with Crippen molar-refractivity contribution in [3.8, 4) is 0 Å². The Bertz CT molecular complexity index is 368. The van der Waals surface area contributed by atoms with E-state index in [2.05, 4.69) is 15.5 Å². The molecule has 0 aliphatic carbocycles. The third kappa shape index (κ3) is 6.01. The molecular weight excluding hydrogens is 222 g/mol. The number of aryl methyl sites for hydroxylation is 1. The Labute approximate surface area is 101 Å². The number of carbonyl (C=O) groups is 1. The van der Waals surface area contributed by atoms with Gasteiger partial charge >= 0.3 is 0 Å². The molecule has 0 aliphatic heterocycles. The predicted molar refractivity (Wildman–Crippen MR) is 61.5 cm³/mol. The van der Waals surface area contributed by atoms with Crippen LogP contribution in [0.5, 0.6) is 0 Å². The highest BCUT2D eigenvalue weighted by Crippen LogP contribution is 2.05. The van der Waals surface area contributed by atoms with Crippen LogP contribution < -0.4 is 5.32 Å². The molecule has 1 heterocycles. The molecule has 0 atom stereocenters. The average molecular weight is 241 g/mol. The lowest BCUT2D eigenvalue weighted by atomic mass is 10.2. The van der Waals surface area contributed by atoms with Gasteiger partial charge in [0.1, 0.15) is 6.61 Å². The second-order valence-electron chi connectivity index (χ2n) is 4.73. The minimum atomic E-state index is -0.303. The van der Waals surface area contributed by atoms with E-state index in [1.54, 1.807) is 6.92 Å². The van der Waals surface area contributed by atoms with Crippen LogP contribution in [-0.4, -0.2) is 34.8 Å². The molecule has 1 N–H and O–H groups in total. The van der Waals surface area contributed by atoms with Gasteiger partial charge in [0.25, 0.3) is 0 Å². The van der Waals surface area contributed by atoms with Crippen molar-refractivity contribution in [1.82, 2.24) is 15.5 Å². The fourth-order valence-electron chi connectivity index (χ4n) is 1.09. The second kappa shape index (κ2) is 5.77. The smallest absolute Gasteiger partial charge is 0.246 e. The van der Waals surface area contributed by atoms with E-state index in [4.69, 9.17) is 9.26 Å². The third-order valence-electron chi connectivity index (χ3n) is 1.88. The molecule has 0 aromatic carbocycles. The number of ether oxygens (including phenoxy) is 1. The Hall–Kier alpha value is -1.43. The van der Waals surface area contributed by atoms with Crippen LogP contribution in [0, 0.1) is 6.92 Å². The zero-order chi connectivity index (χ0) is 12.9. The van der Waals surface area contributed by atoms with Gasteiger partial charge in [-0.2, -0.15) is 4.98 Å². The topological polar surface area (TPSA) is 77.2 Å². The quantitative estimate of drug-likeness (QED) is 0.827. The molecule has 1 aromatic rings. The van der Waals surface area contributed by atoms with E-state index in [1.165, 1.54) is 0 Å². The van der Waals surface area contributed by atoms with Crippen LogP contribution in [0.1, 0.15) is 32.5 Å². The summed E-state index contributed by atoms with van der Waals surface area (Å²) in [7, 11) is 0. The molecule has 6 nitrogen and oxygen atoms in total. The summed E-state index contributed by atoms with van der Waals surface area (Å²) in [4.78, 5) is 15.4. The first kappa shape index (κ1) is 13.6. The molecule has 0 bridgehead atoms. The SMILES string of the molecule is Cc1nc(CCNC(=O)COC(C)(C)C)no1. The summed E-state index contributed by atoms with van der Waals surface area (Å²) in [5, 5.41) is 6.46. The number of nitrogens with one attached hydrogen (secondary N) is 1. The van der Waals surface area contributed by atoms with Crippen LogP contribution in [0.4, 0.5) is 0 Å². The van der Waals surface area contributed by atoms with Crippen molar-refractivity contribution >= 4 is 5.91 Å². The van der Waals surface area contributed by atoms with E-state index in [1.807, 2.05) is 20.8 Å². The Kier molecular flexibility index (Phi) is 4.62. The van der Waals surface area contributed by atoms with Crippen molar-refractivity contribution in [2.45, 2.75) is 39.7 Å². The van der Waals surface area contributed by atoms with E-state index in [0.717, 1.165) is 0 Å². The number of nitrogens with zero attached hydrogens (tertiary/aromatic N) is 2. The number of hydrogen-bond donors (Lipinski definition) is 1. The number of aromatic nitrogens is 2. The lowest BCUT2D eigenvalue weighted by molar-refractivity contribution is -0.130. The maximum Gasteiger partial charge on any atom is 0.246 e. The van der Waals surface area contributed by atoms with Gasteiger partial charge in [0.05, 0.1) is 5.60 Å². The molecule has 6 heteroatoms. The first-order valence-corrected chi connectivity index (χ1v) is 5.57. The lowest BCUT2D eigenvalue weighted by Gasteiger charge is -2.18. The third-order valence-corrected chi connectivity index (χ3v) is 1.88. The molecule has 0 aliphatic rings. The largest absolute Gasteiger partial charge is 0.366 e. The van der Waals surface area contributed by atoms with E-state index in [-0.39, 0.29) is 18.1 Å². The molecule has 1 rings (SSSR count). The maximum absolute atomic E-state index is 11.4. The van der Waals surface area contributed by atoms with Gasteiger partial charge in [0.15, 0.2) is 5.82 Å². The number of rotatable bonds is 5. The maximum atomic E-state index is 11.4. The first-order valence-electron chi connectivity index (χ1n) is 5.57. The fourth-order valence-corrected chi connectivity index (χ4v) is 1.09. The van der Waals surface area contributed by atoms with Gasteiger partial charge < -0.3 is 14.6 Å². The summed E-state index contributed by atoms with van der Waals surface area (Å²) < 4.78 is 10.2. The Morgan fingerprint density at radius 2 is 2.18 bits per heavy atom. The summed E-state index contributed by atoms with van der Waals surface area (Å²) in [6.07, 6.45) is 0.554. The average Bonchev–Trinajstić information content (AvgIpc) is 2.60. The zero-order valence-corrected chi connectivity index (χ0v) is 10.7. The van der Waals surface area contributed by atoms with Gasteiger partial charge in [-0.1, -0.05) is 5.16 Å². The van der Waals surface area contributed by atoms with Crippen LogP contribution in [0.25, 0.3) is 0 Å². The minimum absolute atomic E-state index is 0.0643. The van der Waals surface area contributed by atoms with Crippen molar-refractivity contribution in [1.29, 1.82) is 0 Å². The second-order valence-corrected chi connectivity index (χ2v) is 4.73. The van der Waals surface area contributed by atoms with Crippen LogP contribution >= 0.6 is 0 Å². The summed E-state index contributed by atoms with van der Waals surface area (Å²) in [6, 6.07) is 0. The lowest BCUT2D eigenvalue weighted by Crippen LogP contribution is -2.33. The van der Waals surface area contributed by atoms with Gasteiger partial charge in [0.2, 0.25) is 11.8 Å². The molecule has 0 radical (unpaired) electrons. The van der Waals surface area contributed by atoms with E-state index < -0.39 is 0 Å². The van der Waals surface area contributed by atoms with Gasteiger partial charge in [-0.3, -0.25) is 4.79 Å². The molecule has 96 valence electrons. The number of carbonyl (C=O) groups excluding carboxylic acids is 1. The van der Waals surface area contributed by atoms with E-state index >= 15 is 0 Å². The molecule has 0 unspecified atom stereocenters. The standard InChI is InChI=1S/C11H19N3O3/c1-8-13-9(14-17-8)5-6-12-10(15)7-16-11(2,3)4/h5-7H2,1-4H3,(H,12,15). The van der Waals surface area contributed by atoms with Crippen LogP contribution in [0.15, 0.2) is 4.52 Å². The highest BCUT2D eigenvalue weighted by molar-refractivity contribution is 5.77. The van der Waals surface area contributed by atoms with Crippen LogP contribution in [0.3, 0.4) is 0 Å². The Morgan fingerprint density at radius 3 is 2.71 bits per heavy atom. The van der Waals surface area contributed by atoms with Crippen molar-refractivity contribution < 1.29 is 14.1 Å². The summed E-state index contributed by atoms with van der Waals surface area (Å²) in [5.74, 6) is 0.988. The molecule has 17 heavy (non-hydrogen) atoms. The molecular formula is C11H19N3O3. The molecule has 1 amide bonds. The van der Waals surface area contributed by atoms with Crippen LogP contribution in [0.2, 0.25) is 0 Å². The van der Waals surface area contributed by atoms with Crippen molar-refractivity contribution in [3.05, 3.63) is 11.7 Å². The highest BCUT2D eigenvalue weighted by Gasteiger charge is 2.12. The Balaban J connectivity index is 2.16. The minimum Gasteiger partial charge on any atom is -0.366 e. The Morgan fingerprint density at radius 1 is 1.47 bits per heavy atom. The van der Waals surface area contributed by atoms with Crippen molar-refractivity contribution in [2.75, 3.05) is 13.2 Å². The van der Waals surface area contributed by atoms with Crippen LogP contribution in [-0.2, 0) is 16.0 Å². The molecule has 0 fully saturated rings. The van der Waals surface area contributed by atoms with Gasteiger partial charge in [-0.15, -0.1) is 0 Å². The summed E-state index contributed by atoms with van der Waals surface area (Å²) in [5.41, 5.74) is -0.303. The van der Waals surface area contributed by atoms with E-state index in [9.17, 15) is 4.79 Å². The first-order chi connectivity index (χ1) is 7.87. The molecule has 0 saturated heterocycles. The summed E-state index contributed by atoms with van der Waals surface area (Å²) in [6.45, 7) is 7.99. The zero-order valence-electron chi connectivity index (χ0n) is 10.7. The monoisotopic (exact) mass is 241 g/mol. The van der Waals surface area contributed by atoms with Gasteiger partial charge in [0, 0.05) is 19.9 Å². The molecule has 1 aromatic heterocycles.